The number of nitrogens with two attached hydrogens (primary N) is 1. The number of carbonyl (C=O) groups excluding carboxylic acids is 2. The number of alkyl halides is 3. The number of anilines is 2. The molecule has 1 aromatic carbocycles. The molecular formula is C27H24F3N7O3. The van der Waals surface area contributed by atoms with E-state index in [9.17, 15) is 27.9 Å². The Morgan fingerprint density at radius 3 is 2.70 bits per heavy atom. The molecule has 4 N–H and O–H groups in total. The number of imidazole rings is 1. The molecule has 0 saturated carbocycles. The van der Waals surface area contributed by atoms with Crippen molar-refractivity contribution in [3.63, 3.8) is 0 Å². The van der Waals surface area contributed by atoms with Crippen molar-refractivity contribution in [3.05, 3.63) is 65.9 Å². The number of nitrogens with one attached hydrogen (secondary N) is 1. The van der Waals surface area contributed by atoms with Gasteiger partial charge in [0, 0.05) is 54.6 Å². The summed E-state index contributed by atoms with van der Waals surface area (Å²) < 4.78 is 40.9. The number of hydrogen-bond acceptors (Lipinski definition) is 7. The molecule has 3 aromatic heterocycles. The van der Waals surface area contributed by atoms with Gasteiger partial charge in [-0.3, -0.25) is 14.0 Å². The van der Waals surface area contributed by atoms with Gasteiger partial charge in [0.05, 0.1) is 5.56 Å². The summed E-state index contributed by atoms with van der Waals surface area (Å²) in [6.45, 7) is 0.541. The van der Waals surface area contributed by atoms with Crippen LogP contribution in [0.3, 0.4) is 0 Å². The second kappa shape index (κ2) is 9.50. The summed E-state index contributed by atoms with van der Waals surface area (Å²) in [4.78, 5) is 39.9. The lowest BCUT2D eigenvalue weighted by atomic mass is 9.92. The van der Waals surface area contributed by atoms with Gasteiger partial charge >= 0.3 is 6.18 Å². The second-order valence-corrected chi connectivity index (χ2v) is 9.98. The lowest BCUT2D eigenvalue weighted by Gasteiger charge is -2.34. The summed E-state index contributed by atoms with van der Waals surface area (Å²) in [5, 5.41) is 13.3. The van der Waals surface area contributed by atoms with Gasteiger partial charge in [-0.2, -0.15) is 13.2 Å². The molecule has 2 atom stereocenters. The van der Waals surface area contributed by atoms with Crippen molar-refractivity contribution in [1.82, 2.24) is 24.3 Å². The van der Waals surface area contributed by atoms with Crippen LogP contribution in [-0.2, 0) is 11.0 Å². The molecule has 6 rings (SSSR count). The molecule has 4 aromatic rings. The summed E-state index contributed by atoms with van der Waals surface area (Å²) in [5.74, 6) is -0.334. The smallest absolute Gasteiger partial charge is 0.416 e. The van der Waals surface area contributed by atoms with Gasteiger partial charge in [-0.05, 0) is 49.6 Å². The molecule has 2 unspecified atom stereocenters. The summed E-state index contributed by atoms with van der Waals surface area (Å²) in [6.07, 6.45) is 2.78. The summed E-state index contributed by atoms with van der Waals surface area (Å²) in [5.41, 5.74) is 6.42. The molecular weight excluding hydrogens is 527 g/mol. The molecule has 0 spiro atoms. The van der Waals surface area contributed by atoms with Gasteiger partial charge in [-0.15, -0.1) is 0 Å². The van der Waals surface area contributed by atoms with Crippen LogP contribution in [0.2, 0.25) is 0 Å². The molecule has 2 saturated heterocycles. The fourth-order valence-corrected chi connectivity index (χ4v) is 5.58. The minimum absolute atomic E-state index is 0.00108. The molecule has 0 radical (unpaired) electrons. The van der Waals surface area contributed by atoms with Gasteiger partial charge in [0.25, 0.3) is 5.91 Å². The minimum atomic E-state index is -4.59. The van der Waals surface area contributed by atoms with Crippen molar-refractivity contribution in [2.75, 3.05) is 17.6 Å². The van der Waals surface area contributed by atoms with Crippen LogP contribution in [0, 0.1) is 0 Å². The van der Waals surface area contributed by atoms with Gasteiger partial charge < -0.3 is 21.1 Å². The first kappa shape index (κ1) is 25.6. The minimum Gasteiger partial charge on any atom is -0.507 e. The number of fused-ring (bicyclic) bond motifs is 2. The van der Waals surface area contributed by atoms with Gasteiger partial charge in [0.15, 0.2) is 0 Å². The summed E-state index contributed by atoms with van der Waals surface area (Å²) in [7, 11) is 0. The van der Waals surface area contributed by atoms with Gasteiger partial charge in [0.2, 0.25) is 5.91 Å². The van der Waals surface area contributed by atoms with Crippen molar-refractivity contribution < 1.29 is 27.9 Å². The number of phenolic OH excluding ortho intramolecular Hbond substituents is 1. The number of rotatable bonds is 4. The Morgan fingerprint density at radius 2 is 1.93 bits per heavy atom. The molecule has 2 aliphatic rings. The lowest BCUT2D eigenvalue weighted by Crippen LogP contribution is -2.41. The van der Waals surface area contributed by atoms with E-state index in [1.54, 1.807) is 12.4 Å². The third-order valence-electron chi connectivity index (χ3n) is 7.54. The maximum absolute atomic E-state index is 13.0. The number of piperidine rings is 1. The second-order valence-electron chi connectivity index (χ2n) is 9.98. The molecule has 2 fully saturated rings. The van der Waals surface area contributed by atoms with Crippen molar-refractivity contribution >= 4 is 29.0 Å². The van der Waals surface area contributed by atoms with E-state index in [1.165, 1.54) is 18.2 Å². The number of phenols is 1. The summed E-state index contributed by atoms with van der Waals surface area (Å²) in [6, 6.07) is 5.89. The van der Waals surface area contributed by atoms with E-state index >= 15 is 0 Å². The van der Waals surface area contributed by atoms with Crippen molar-refractivity contribution in [2.45, 2.75) is 43.8 Å². The van der Waals surface area contributed by atoms with Crippen LogP contribution in [0.25, 0.3) is 16.8 Å². The molecule has 13 heteroatoms. The van der Waals surface area contributed by atoms with Crippen LogP contribution in [-0.4, -0.2) is 53.8 Å². The fraction of sp³-hybridized carbons (Fsp3) is 0.296. The largest absolute Gasteiger partial charge is 0.507 e. The summed E-state index contributed by atoms with van der Waals surface area (Å²) >= 11 is 0. The number of amides is 2. The third-order valence-corrected chi connectivity index (χ3v) is 7.54. The van der Waals surface area contributed by atoms with Crippen LogP contribution in [0.5, 0.6) is 5.75 Å². The van der Waals surface area contributed by atoms with Gasteiger partial charge in [0.1, 0.15) is 34.4 Å². The average Bonchev–Trinajstić information content (AvgIpc) is 3.49. The molecule has 10 nitrogen and oxygen atoms in total. The standard InChI is InChI=1S/C27H24F3N7O3/c28-27(29,30)16-7-8-32-20(12-16)34-26(40)14-2-5-18(19(38)11-14)22-23-24(31)33-9-10-36(23)25(35-22)15-1-3-17-4-6-21(39)37(17)13-15/h2,5,7-12,15,17,38H,1,3-4,6,13H2,(H2,31,33)(H,32,34,40). The van der Waals surface area contributed by atoms with Crippen LogP contribution in [0.1, 0.15) is 53.3 Å². The topological polar surface area (TPSA) is 139 Å². The Hall–Kier alpha value is -4.68. The Balaban J connectivity index is 1.32. The predicted octanol–water partition coefficient (Wildman–Crippen LogP) is 4.22. The molecule has 0 bridgehead atoms. The Kier molecular flexibility index (Phi) is 6.08. The molecule has 2 aliphatic heterocycles. The molecule has 0 aliphatic carbocycles. The number of benzene rings is 1. The number of pyridine rings is 1. The van der Waals surface area contributed by atoms with E-state index in [4.69, 9.17) is 10.7 Å². The first-order chi connectivity index (χ1) is 19.1. The van der Waals surface area contributed by atoms with Crippen LogP contribution >= 0.6 is 0 Å². The fourth-order valence-electron chi connectivity index (χ4n) is 5.58. The van der Waals surface area contributed by atoms with E-state index in [-0.39, 0.29) is 40.8 Å². The van der Waals surface area contributed by atoms with E-state index in [0.717, 1.165) is 37.6 Å². The number of nitrogens with zero attached hydrogens (tertiary/aromatic N) is 5. The normalized spacial score (nSPS) is 19.2. The Morgan fingerprint density at radius 1 is 1.10 bits per heavy atom. The number of aromatic nitrogens is 4. The predicted molar refractivity (Wildman–Crippen MR) is 138 cm³/mol. The van der Waals surface area contributed by atoms with E-state index in [2.05, 4.69) is 15.3 Å². The average molecular weight is 552 g/mol. The molecule has 206 valence electrons. The third kappa shape index (κ3) is 4.46. The zero-order chi connectivity index (χ0) is 28.2. The molecule has 5 heterocycles. The van der Waals surface area contributed by atoms with E-state index in [1.807, 2.05) is 9.30 Å². The Labute approximate surface area is 225 Å². The van der Waals surface area contributed by atoms with E-state index in [0.29, 0.717) is 35.6 Å². The number of aromatic hydroxyl groups is 1. The highest BCUT2D eigenvalue weighted by Crippen LogP contribution is 2.40. The highest BCUT2D eigenvalue weighted by molar-refractivity contribution is 6.04. The molecule has 40 heavy (non-hydrogen) atoms. The van der Waals surface area contributed by atoms with Crippen LogP contribution in [0.4, 0.5) is 24.8 Å². The van der Waals surface area contributed by atoms with Crippen molar-refractivity contribution in [3.8, 4) is 17.0 Å². The maximum Gasteiger partial charge on any atom is 0.416 e. The lowest BCUT2D eigenvalue weighted by molar-refractivity contribution is -0.137. The highest BCUT2D eigenvalue weighted by Gasteiger charge is 2.38. The van der Waals surface area contributed by atoms with Crippen LogP contribution < -0.4 is 11.1 Å². The maximum atomic E-state index is 13.0. The van der Waals surface area contributed by atoms with Crippen molar-refractivity contribution in [1.29, 1.82) is 0 Å². The first-order valence-corrected chi connectivity index (χ1v) is 12.7. The number of halogens is 3. The van der Waals surface area contributed by atoms with Crippen LogP contribution in [0.15, 0.2) is 48.9 Å². The quantitative estimate of drug-likeness (QED) is 0.345. The van der Waals surface area contributed by atoms with Gasteiger partial charge in [-0.1, -0.05) is 0 Å². The zero-order valence-corrected chi connectivity index (χ0v) is 21.0. The number of nitrogen functional groups attached to an aromatic ring is 1. The first-order valence-electron chi connectivity index (χ1n) is 12.7. The van der Waals surface area contributed by atoms with E-state index < -0.39 is 17.6 Å². The Bertz CT molecular complexity index is 1650. The number of carbonyl (C=O) groups is 2. The SMILES string of the molecule is Nc1nccn2c(C3CCC4CCC(=O)N4C3)nc(-c3ccc(C(=O)Nc4cc(C(F)(F)F)ccn4)cc3O)c12. The van der Waals surface area contributed by atoms with Crippen molar-refractivity contribution in [2.24, 2.45) is 0 Å². The van der Waals surface area contributed by atoms with Gasteiger partial charge in [-0.25, -0.2) is 15.0 Å². The highest BCUT2D eigenvalue weighted by atomic mass is 19.4. The zero-order valence-electron chi connectivity index (χ0n) is 21.0. The molecule has 2 amide bonds. The monoisotopic (exact) mass is 551 g/mol. The number of hydrogen-bond donors (Lipinski definition) is 3.